The van der Waals surface area contributed by atoms with Crippen molar-refractivity contribution in [2.24, 2.45) is 17.6 Å². The van der Waals surface area contributed by atoms with Crippen LogP contribution in [0.25, 0.3) is 0 Å². The molecule has 2 unspecified atom stereocenters. The molecule has 212 valence electrons. The molecular formula is C27H29N3O10. The van der Waals surface area contributed by atoms with Gasteiger partial charge >= 0.3 is 0 Å². The van der Waals surface area contributed by atoms with Crippen molar-refractivity contribution in [2.45, 2.75) is 24.5 Å². The number of phenols is 1. The lowest BCUT2D eigenvalue weighted by Gasteiger charge is -2.50. The molecule has 0 saturated carbocycles. The maximum absolute atomic E-state index is 13.8. The standard InChI is InChI=1S/C27H29N3O10/c1-29(2)19-14-10-11-9-13-12(20(32)26(38)30-5-7-40-8-6-30)3-4-15(31)17(13)21(33)16(11)23(35)27(14,39)24(36)18(22(19)34)25(28)37/h3-4,11,14,19,31,34-35,39H,5-10H2,1-2H3,(H2,28,37)/t11-,14-,19?,27?/m0/s1. The van der Waals surface area contributed by atoms with Crippen LogP contribution in [0.15, 0.2) is 34.8 Å². The van der Waals surface area contributed by atoms with Crippen LogP contribution in [0.2, 0.25) is 0 Å². The summed E-state index contributed by atoms with van der Waals surface area (Å²) >= 11 is 0. The smallest absolute Gasteiger partial charge is 0.295 e. The van der Waals surface area contributed by atoms with E-state index in [1.165, 1.54) is 30.0 Å². The van der Waals surface area contributed by atoms with E-state index in [4.69, 9.17) is 10.5 Å². The Morgan fingerprint density at radius 1 is 1.10 bits per heavy atom. The quantitative estimate of drug-likeness (QED) is 0.176. The lowest BCUT2D eigenvalue weighted by Crippen LogP contribution is -2.63. The van der Waals surface area contributed by atoms with E-state index in [1.807, 2.05) is 0 Å². The van der Waals surface area contributed by atoms with Crippen LogP contribution in [0.5, 0.6) is 5.75 Å². The molecule has 1 aliphatic heterocycles. The highest BCUT2D eigenvalue weighted by Crippen LogP contribution is 2.52. The van der Waals surface area contributed by atoms with Gasteiger partial charge < -0.3 is 35.8 Å². The van der Waals surface area contributed by atoms with Gasteiger partial charge in [-0.15, -0.1) is 0 Å². The normalized spacial score (nSPS) is 28.3. The Morgan fingerprint density at radius 3 is 2.35 bits per heavy atom. The number of phenolic OH excluding ortho intramolecular Hbond substituents is 1. The van der Waals surface area contributed by atoms with Gasteiger partial charge in [0.25, 0.3) is 17.6 Å². The second-order valence-electron chi connectivity index (χ2n) is 10.7. The molecule has 0 radical (unpaired) electrons. The Morgan fingerprint density at radius 2 is 1.75 bits per heavy atom. The summed E-state index contributed by atoms with van der Waals surface area (Å²) in [7, 11) is 3.05. The molecule has 4 atom stereocenters. The van der Waals surface area contributed by atoms with Crippen molar-refractivity contribution < 1.29 is 49.1 Å². The number of hydrogen-bond acceptors (Lipinski definition) is 11. The minimum atomic E-state index is -2.76. The number of likely N-dealkylation sites (N-methyl/N-ethyl adjacent to an activating group) is 1. The fraction of sp³-hybridized carbons (Fsp3) is 0.444. The van der Waals surface area contributed by atoms with Crippen molar-refractivity contribution in [3.63, 3.8) is 0 Å². The van der Waals surface area contributed by atoms with Crippen LogP contribution in [0, 0.1) is 11.8 Å². The molecule has 1 fully saturated rings. The molecule has 4 aliphatic rings. The Balaban J connectivity index is 1.64. The third kappa shape index (κ3) is 3.76. The zero-order chi connectivity index (χ0) is 29.3. The highest BCUT2D eigenvalue weighted by molar-refractivity contribution is 6.43. The molecule has 0 aromatic heterocycles. The van der Waals surface area contributed by atoms with Crippen molar-refractivity contribution >= 4 is 29.2 Å². The predicted molar refractivity (Wildman–Crippen MR) is 135 cm³/mol. The number of allylic oxidation sites excluding steroid dienone is 1. The summed E-state index contributed by atoms with van der Waals surface area (Å²) in [6.07, 6.45) is -0.229. The van der Waals surface area contributed by atoms with Crippen LogP contribution in [-0.2, 0) is 25.5 Å². The zero-order valence-corrected chi connectivity index (χ0v) is 21.8. The number of carbonyl (C=O) groups is 5. The van der Waals surface area contributed by atoms with Crippen LogP contribution in [0.1, 0.15) is 32.7 Å². The van der Waals surface area contributed by atoms with E-state index in [0.717, 1.165) is 6.07 Å². The van der Waals surface area contributed by atoms with Crippen molar-refractivity contribution in [2.75, 3.05) is 40.4 Å². The van der Waals surface area contributed by atoms with E-state index in [9.17, 15) is 44.4 Å². The Hall–Kier alpha value is -4.07. The SMILES string of the molecule is CN(C)C1C(O)=C(C(N)=O)C(=O)C2(O)C(O)=C3C(=O)c4c(O)ccc(C(=O)C(=O)N5CCOCC5)c4C[C@H]3C[C@@H]12. The summed E-state index contributed by atoms with van der Waals surface area (Å²) in [5.41, 5.74) is 1.00. The lowest BCUT2D eigenvalue weighted by molar-refractivity contribution is -0.148. The van der Waals surface area contributed by atoms with E-state index >= 15 is 0 Å². The summed E-state index contributed by atoms with van der Waals surface area (Å²) in [5.74, 6) is -9.52. The molecule has 5 rings (SSSR count). The van der Waals surface area contributed by atoms with Crippen LogP contribution < -0.4 is 5.73 Å². The molecule has 1 saturated heterocycles. The molecule has 1 aromatic rings. The first-order chi connectivity index (χ1) is 18.8. The molecule has 6 N–H and O–H groups in total. The molecule has 3 aliphatic carbocycles. The minimum Gasteiger partial charge on any atom is -0.510 e. The second kappa shape index (κ2) is 9.54. The molecule has 2 amide bonds. The zero-order valence-electron chi connectivity index (χ0n) is 21.8. The second-order valence-corrected chi connectivity index (χ2v) is 10.7. The fourth-order valence-corrected chi connectivity index (χ4v) is 6.49. The molecule has 40 heavy (non-hydrogen) atoms. The number of aliphatic hydroxyl groups is 3. The molecule has 13 nitrogen and oxygen atoms in total. The average molecular weight is 556 g/mol. The maximum Gasteiger partial charge on any atom is 0.295 e. The van der Waals surface area contributed by atoms with Gasteiger partial charge in [-0.3, -0.25) is 28.9 Å². The highest BCUT2D eigenvalue weighted by atomic mass is 16.5. The molecule has 1 heterocycles. The largest absolute Gasteiger partial charge is 0.510 e. The summed E-state index contributed by atoms with van der Waals surface area (Å²) in [5, 5.41) is 44.4. The summed E-state index contributed by atoms with van der Waals surface area (Å²) in [4.78, 5) is 68.2. The van der Waals surface area contributed by atoms with Crippen LogP contribution in [0.3, 0.4) is 0 Å². The topological polar surface area (TPSA) is 208 Å². The highest BCUT2D eigenvalue weighted by Gasteiger charge is 2.63. The number of carbonyl (C=O) groups excluding carboxylic acids is 5. The predicted octanol–water partition coefficient (Wildman–Crippen LogP) is -0.838. The first kappa shape index (κ1) is 27.5. The summed E-state index contributed by atoms with van der Waals surface area (Å²) in [6, 6.07) is 1.21. The van der Waals surface area contributed by atoms with Gasteiger partial charge in [-0.05, 0) is 50.6 Å². The summed E-state index contributed by atoms with van der Waals surface area (Å²) in [6.45, 7) is 0.986. The first-order valence-corrected chi connectivity index (χ1v) is 12.7. The van der Waals surface area contributed by atoms with Crippen LogP contribution >= 0.6 is 0 Å². The Bertz CT molecular complexity index is 1440. The molecular weight excluding hydrogens is 526 g/mol. The maximum atomic E-state index is 13.8. The van der Waals surface area contributed by atoms with Crippen LogP contribution in [0.4, 0.5) is 0 Å². The van der Waals surface area contributed by atoms with Gasteiger partial charge in [0.2, 0.25) is 5.78 Å². The van der Waals surface area contributed by atoms with Gasteiger partial charge in [-0.2, -0.15) is 0 Å². The number of ketones is 3. The Labute approximate surface area is 228 Å². The number of rotatable bonds is 4. The fourth-order valence-electron chi connectivity index (χ4n) is 6.49. The third-order valence-electron chi connectivity index (χ3n) is 8.34. The molecule has 0 bridgehead atoms. The average Bonchev–Trinajstić information content (AvgIpc) is 2.90. The number of fused-ring (bicyclic) bond motifs is 3. The van der Waals surface area contributed by atoms with Gasteiger partial charge in [0.05, 0.1) is 24.8 Å². The van der Waals surface area contributed by atoms with Gasteiger partial charge in [-0.25, -0.2) is 0 Å². The molecule has 1 aromatic carbocycles. The number of amides is 2. The number of ether oxygens (including phenoxy) is 1. The monoisotopic (exact) mass is 555 g/mol. The first-order valence-electron chi connectivity index (χ1n) is 12.7. The lowest BCUT2D eigenvalue weighted by atomic mass is 9.58. The van der Waals surface area contributed by atoms with Crippen molar-refractivity contribution in [3.05, 3.63) is 51.5 Å². The van der Waals surface area contributed by atoms with E-state index < -0.39 is 75.5 Å². The number of morpholine rings is 1. The van der Waals surface area contributed by atoms with Crippen molar-refractivity contribution in [1.29, 1.82) is 0 Å². The number of nitrogens with zero attached hydrogens (tertiary/aromatic N) is 2. The number of aromatic hydroxyl groups is 1. The number of hydrogen-bond donors (Lipinski definition) is 5. The number of Topliss-reactive ketones (excluding diaryl/α,β-unsaturated/α-hetero) is 3. The van der Waals surface area contributed by atoms with Crippen LogP contribution in [-0.4, -0.2) is 111 Å². The Kier molecular flexibility index (Phi) is 6.56. The van der Waals surface area contributed by atoms with E-state index in [1.54, 1.807) is 0 Å². The molecule has 0 spiro atoms. The van der Waals surface area contributed by atoms with Gasteiger partial charge in [0.15, 0.2) is 11.4 Å². The number of benzene rings is 1. The third-order valence-corrected chi connectivity index (χ3v) is 8.34. The van der Waals surface area contributed by atoms with E-state index in [-0.39, 0.29) is 61.4 Å². The minimum absolute atomic E-state index is 0.0837. The molecule has 13 heteroatoms. The number of aliphatic hydroxyl groups excluding tert-OH is 2. The van der Waals surface area contributed by atoms with E-state index in [2.05, 4.69) is 0 Å². The summed E-state index contributed by atoms with van der Waals surface area (Å²) < 4.78 is 5.23. The van der Waals surface area contributed by atoms with Gasteiger partial charge in [0, 0.05) is 30.1 Å². The number of nitrogens with two attached hydrogens (primary N) is 1. The van der Waals surface area contributed by atoms with Gasteiger partial charge in [0.1, 0.15) is 22.8 Å². The van der Waals surface area contributed by atoms with Crippen molar-refractivity contribution in [1.82, 2.24) is 9.80 Å². The van der Waals surface area contributed by atoms with Gasteiger partial charge in [-0.1, -0.05) is 0 Å². The van der Waals surface area contributed by atoms with Crippen molar-refractivity contribution in [3.8, 4) is 5.75 Å². The van der Waals surface area contributed by atoms with E-state index in [0.29, 0.717) is 0 Å². The number of primary amides is 1.